The van der Waals surface area contributed by atoms with Crippen molar-refractivity contribution in [3.05, 3.63) is 186 Å². The van der Waals surface area contributed by atoms with Crippen molar-refractivity contribution in [2.75, 3.05) is 0 Å². The molecule has 0 aliphatic heterocycles. The second-order valence-electron chi connectivity index (χ2n) is 15.5. The largest absolute Gasteiger partial charge is 0.417 e. The molecule has 0 N–H and O–H groups in total. The summed E-state index contributed by atoms with van der Waals surface area (Å²) in [5, 5.41) is 14.1. The van der Waals surface area contributed by atoms with E-state index in [4.69, 9.17) is 4.98 Å². The van der Waals surface area contributed by atoms with Gasteiger partial charge in [-0.25, -0.2) is 0 Å². The van der Waals surface area contributed by atoms with Crippen molar-refractivity contribution in [1.82, 2.24) is 14.1 Å². The summed E-state index contributed by atoms with van der Waals surface area (Å²) in [6.07, 6.45) is -6.61. The molecule has 10 heteroatoms. The second kappa shape index (κ2) is 14.2. The fraction of sp³-hybridized carbons (Fsp3) is 0.0769. The van der Waals surface area contributed by atoms with Crippen molar-refractivity contribution in [2.24, 2.45) is 0 Å². The molecule has 0 unspecified atom stereocenters. The smallest absolute Gasteiger partial charge is 0.307 e. The first-order valence-corrected chi connectivity index (χ1v) is 19.7. The van der Waals surface area contributed by atoms with Crippen molar-refractivity contribution >= 4 is 43.6 Å². The summed E-state index contributed by atoms with van der Waals surface area (Å²) in [7, 11) is 0. The van der Waals surface area contributed by atoms with Gasteiger partial charge in [-0.2, -0.15) is 31.6 Å². The third-order valence-corrected chi connectivity index (χ3v) is 11.7. The third kappa shape index (κ3) is 6.19. The molecule has 3 aromatic heterocycles. The zero-order chi connectivity index (χ0) is 43.1. The second-order valence-corrected chi connectivity index (χ2v) is 15.5. The lowest BCUT2D eigenvalue weighted by atomic mass is 9.95. The van der Waals surface area contributed by atoms with E-state index in [1.54, 1.807) is 36.7 Å². The van der Waals surface area contributed by atoms with E-state index in [0.29, 0.717) is 50.6 Å². The minimum atomic E-state index is -5.08. The minimum absolute atomic E-state index is 0.0759. The summed E-state index contributed by atoms with van der Waals surface area (Å²) < 4.78 is 89.0. The van der Waals surface area contributed by atoms with Crippen molar-refractivity contribution in [2.45, 2.75) is 26.2 Å². The number of benzene rings is 7. The predicted octanol–water partition coefficient (Wildman–Crippen LogP) is 14.8. The highest BCUT2D eigenvalue weighted by Crippen LogP contribution is 2.46. The van der Waals surface area contributed by atoms with Crippen LogP contribution in [0.1, 0.15) is 27.8 Å². The lowest BCUT2D eigenvalue weighted by Crippen LogP contribution is -2.12. The number of fused-ring (bicyclic) bond motifs is 6. The molecule has 0 aliphatic rings. The van der Waals surface area contributed by atoms with Gasteiger partial charge in [0, 0.05) is 32.7 Å². The van der Waals surface area contributed by atoms with E-state index in [2.05, 4.69) is 66.9 Å². The number of nitriles is 1. The maximum Gasteiger partial charge on any atom is 0.417 e. The summed E-state index contributed by atoms with van der Waals surface area (Å²) >= 11 is 0. The van der Waals surface area contributed by atoms with Crippen LogP contribution < -0.4 is 0 Å². The Labute approximate surface area is 351 Å². The summed E-state index contributed by atoms with van der Waals surface area (Å²) in [6, 6.07) is 44.5. The van der Waals surface area contributed by atoms with E-state index in [0.717, 1.165) is 55.5 Å². The van der Waals surface area contributed by atoms with Crippen LogP contribution in [0, 0.1) is 25.2 Å². The van der Waals surface area contributed by atoms with E-state index < -0.39 is 29.0 Å². The van der Waals surface area contributed by atoms with Gasteiger partial charge in [0.1, 0.15) is 0 Å². The van der Waals surface area contributed by atoms with Crippen LogP contribution >= 0.6 is 0 Å². The van der Waals surface area contributed by atoms with Crippen LogP contribution in [0.2, 0.25) is 0 Å². The number of pyridine rings is 1. The Hall–Kier alpha value is -7.64. The third-order valence-electron chi connectivity index (χ3n) is 11.7. The summed E-state index contributed by atoms with van der Waals surface area (Å²) in [6.45, 7) is 4.15. The fourth-order valence-corrected chi connectivity index (χ4v) is 8.99. The lowest BCUT2D eigenvalue weighted by Gasteiger charge is -2.20. The molecule has 7 aromatic carbocycles. The predicted molar refractivity (Wildman–Crippen MR) is 233 cm³/mol. The Morgan fingerprint density at radius 3 is 1.60 bits per heavy atom. The van der Waals surface area contributed by atoms with E-state index in [9.17, 15) is 31.6 Å². The SMILES string of the molecule is Cc1ccc(-c2ccc3c4ccccc4n(-c4cncc(-n5c6ccccc6c6ccc(-c7ccc(C(F)(F)F)cc7C(F)(F)F)cc65)c4-c4ccccc4C#N)c3c2)c(C)c1. The van der Waals surface area contributed by atoms with Crippen LogP contribution in [0.5, 0.6) is 0 Å². The normalized spacial score (nSPS) is 12.2. The Morgan fingerprint density at radius 1 is 0.500 bits per heavy atom. The van der Waals surface area contributed by atoms with E-state index in [1.807, 2.05) is 59.2 Å². The molecule has 10 rings (SSSR count). The Balaban J connectivity index is 1.31. The molecule has 0 atom stereocenters. The highest BCUT2D eigenvalue weighted by molar-refractivity contribution is 6.13. The van der Waals surface area contributed by atoms with Crippen LogP contribution in [0.3, 0.4) is 0 Å². The minimum Gasteiger partial charge on any atom is -0.307 e. The molecule has 62 heavy (non-hydrogen) atoms. The van der Waals surface area contributed by atoms with Gasteiger partial charge >= 0.3 is 12.4 Å². The maximum atomic E-state index is 14.6. The van der Waals surface area contributed by atoms with Crippen molar-refractivity contribution in [3.8, 4) is 50.8 Å². The maximum absolute atomic E-state index is 14.6. The molecule has 0 amide bonds. The van der Waals surface area contributed by atoms with Gasteiger partial charge in [-0.05, 0) is 84.1 Å². The van der Waals surface area contributed by atoms with Gasteiger partial charge in [0.15, 0.2) is 0 Å². The zero-order valence-corrected chi connectivity index (χ0v) is 33.1. The molecule has 10 aromatic rings. The highest BCUT2D eigenvalue weighted by atomic mass is 19.4. The molecule has 0 fully saturated rings. The van der Waals surface area contributed by atoms with Gasteiger partial charge in [-0.15, -0.1) is 0 Å². The number of aromatic nitrogens is 3. The summed E-state index contributed by atoms with van der Waals surface area (Å²) in [5.74, 6) is 0. The lowest BCUT2D eigenvalue weighted by molar-refractivity contribution is -0.142. The summed E-state index contributed by atoms with van der Waals surface area (Å²) in [4.78, 5) is 4.85. The van der Waals surface area contributed by atoms with Gasteiger partial charge in [0.25, 0.3) is 0 Å². The van der Waals surface area contributed by atoms with E-state index in [-0.39, 0.29) is 11.6 Å². The number of nitrogens with zero attached hydrogens (tertiary/aromatic N) is 4. The van der Waals surface area contributed by atoms with E-state index >= 15 is 0 Å². The number of rotatable bonds is 5. The Morgan fingerprint density at radius 2 is 1.03 bits per heavy atom. The number of hydrogen-bond acceptors (Lipinski definition) is 2. The quantitative estimate of drug-likeness (QED) is 0.162. The van der Waals surface area contributed by atoms with Gasteiger partial charge < -0.3 is 9.13 Å². The average molecular weight is 827 g/mol. The highest BCUT2D eigenvalue weighted by Gasteiger charge is 2.38. The molecular weight excluding hydrogens is 795 g/mol. The summed E-state index contributed by atoms with van der Waals surface area (Å²) in [5.41, 5.74) is 7.07. The van der Waals surface area contributed by atoms with Crippen molar-refractivity contribution in [3.63, 3.8) is 0 Å². The number of hydrogen-bond donors (Lipinski definition) is 0. The molecule has 0 saturated heterocycles. The molecule has 0 aliphatic carbocycles. The monoisotopic (exact) mass is 826 g/mol. The van der Waals surface area contributed by atoms with Crippen molar-refractivity contribution in [1.29, 1.82) is 5.26 Å². The topological polar surface area (TPSA) is 46.5 Å². The van der Waals surface area contributed by atoms with E-state index in [1.165, 1.54) is 6.07 Å². The molecule has 0 saturated carbocycles. The first kappa shape index (κ1) is 38.6. The Bertz CT molecular complexity index is 3490. The molecule has 0 radical (unpaired) electrons. The van der Waals surface area contributed by atoms with Gasteiger partial charge in [-0.3, -0.25) is 4.98 Å². The van der Waals surface area contributed by atoms with Crippen LogP contribution in [-0.4, -0.2) is 14.1 Å². The molecule has 302 valence electrons. The van der Waals surface area contributed by atoms with Crippen LogP contribution in [-0.2, 0) is 12.4 Å². The van der Waals surface area contributed by atoms with Crippen LogP contribution in [0.4, 0.5) is 26.3 Å². The molecule has 4 nitrogen and oxygen atoms in total. The molecule has 0 bridgehead atoms. The van der Waals surface area contributed by atoms with Crippen LogP contribution in [0.15, 0.2) is 158 Å². The van der Waals surface area contributed by atoms with Crippen molar-refractivity contribution < 1.29 is 26.3 Å². The molecule has 0 spiro atoms. The van der Waals surface area contributed by atoms with Gasteiger partial charge in [-0.1, -0.05) is 109 Å². The molecular formula is C52H32F6N4. The van der Waals surface area contributed by atoms with Gasteiger partial charge in [0.2, 0.25) is 0 Å². The Kier molecular flexibility index (Phi) is 8.85. The van der Waals surface area contributed by atoms with Gasteiger partial charge in [0.05, 0.1) is 68.6 Å². The van der Waals surface area contributed by atoms with Crippen LogP contribution in [0.25, 0.3) is 88.4 Å². The first-order valence-electron chi connectivity index (χ1n) is 19.7. The zero-order valence-electron chi connectivity index (χ0n) is 33.1. The fourth-order valence-electron chi connectivity index (χ4n) is 8.99. The number of alkyl halides is 6. The molecule has 3 heterocycles. The number of halogens is 6. The standard InChI is InChI=1S/C52H32F6N4/c1-30-15-19-36(31(2)23-30)32-16-20-41-39-11-5-7-13-44(39)61(46(41)24-32)48-28-60-29-49(50(48)38-10-4-3-9-34(38)27-59)62-45-14-8-6-12-40(45)42-21-17-33(25-47(42)62)37-22-18-35(51(53,54)55)26-43(37)52(56,57)58/h3-26,28-29H,1-2H3. The average Bonchev–Trinajstić information content (AvgIpc) is 3.77. The number of aryl methyl sites for hydroxylation is 2. The number of para-hydroxylation sites is 2. The first-order chi connectivity index (χ1) is 29.8.